The van der Waals surface area contributed by atoms with Crippen molar-refractivity contribution in [2.45, 2.75) is 19.0 Å². The molecule has 0 aliphatic carbocycles. The van der Waals surface area contributed by atoms with Gasteiger partial charge in [0.05, 0.1) is 21.9 Å². The molecule has 9 nitrogen and oxygen atoms in total. The number of nitro benzene ring substituents is 1. The van der Waals surface area contributed by atoms with E-state index in [0.717, 1.165) is 21.3 Å². The standard InChI is InChI=1S/C24H20BrN5O4S/c1-14-6-8-20(15(2)10-14)29-23(19-11-16(25)7-9-21(19)31)27-28-24(29)35-13-22(32)26-17-4-3-5-18(12-17)30(33)34/h3-12,31H,13H2,1-2H3,(H,26,32). The van der Waals surface area contributed by atoms with Gasteiger partial charge in [0.25, 0.3) is 5.69 Å². The zero-order valence-electron chi connectivity index (χ0n) is 18.7. The Labute approximate surface area is 213 Å². The van der Waals surface area contributed by atoms with E-state index in [9.17, 15) is 20.0 Å². The second-order valence-electron chi connectivity index (χ2n) is 7.74. The molecule has 1 aromatic heterocycles. The number of rotatable bonds is 7. The van der Waals surface area contributed by atoms with Gasteiger partial charge < -0.3 is 10.4 Å². The number of nitro groups is 1. The van der Waals surface area contributed by atoms with Gasteiger partial charge in [0.15, 0.2) is 11.0 Å². The second kappa shape index (κ2) is 10.3. The van der Waals surface area contributed by atoms with E-state index in [1.165, 1.54) is 30.0 Å². The molecule has 0 aliphatic heterocycles. The summed E-state index contributed by atoms with van der Waals surface area (Å²) in [5.41, 5.74) is 3.60. The summed E-state index contributed by atoms with van der Waals surface area (Å²) in [6.07, 6.45) is 0. The predicted molar refractivity (Wildman–Crippen MR) is 138 cm³/mol. The van der Waals surface area contributed by atoms with Gasteiger partial charge in [-0.15, -0.1) is 10.2 Å². The molecule has 1 amide bonds. The number of non-ortho nitro benzene ring substituents is 1. The van der Waals surface area contributed by atoms with Crippen molar-refractivity contribution >= 4 is 45.0 Å². The molecule has 0 aliphatic rings. The summed E-state index contributed by atoms with van der Waals surface area (Å²) in [4.78, 5) is 23.1. The lowest BCUT2D eigenvalue weighted by atomic mass is 10.1. The summed E-state index contributed by atoms with van der Waals surface area (Å²) in [5, 5.41) is 33.2. The number of anilines is 1. The number of nitrogens with zero attached hydrogens (tertiary/aromatic N) is 4. The summed E-state index contributed by atoms with van der Waals surface area (Å²) in [5.74, 6) is 0.123. The van der Waals surface area contributed by atoms with Crippen LogP contribution in [0.15, 0.2) is 70.3 Å². The topological polar surface area (TPSA) is 123 Å². The average molecular weight is 554 g/mol. The van der Waals surface area contributed by atoms with Gasteiger partial charge in [-0.05, 0) is 49.7 Å². The Balaban J connectivity index is 1.65. The minimum absolute atomic E-state index is 0.00377. The van der Waals surface area contributed by atoms with Crippen LogP contribution >= 0.6 is 27.7 Å². The molecule has 178 valence electrons. The van der Waals surface area contributed by atoms with E-state index < -0.39 is 4.92 Å². The molecule has 0 unspecified atom stereocenters. The molecular weight excluding hydrogens is 534 g/mol. The van der Waals surface area contributed by atoms with Crippen LogP contribution in [0.3, 0.4) is 0 Å². The highest BCUT2D eigenvalue weighted by Gasteiger charge is 2.21. The molecule has 0 atom stereocenters. The number of phenols is 1. The van der Waals surface area contributed by atoms with Crippen LogP contribution in [0, 0.1) is 24.0 Å². The molecule has 35 heavy (non-hydrogen) atoms. The number of carbonyl (C=O) groups excluding carboxylic acids is 1. The number of aromatic nitrogens is 3. The zero-order valence-corrected chi connectivity index (χ0v) is 21.1. The largest absolute Gasteiger partial charge is 0.507 e. The number of aromatic hydroxyl groups is 1. The summed E-state index contributed by atoms with van der Waals surface area (Å²) >= 11 is 4.60. The summed E-state index contributed by atoms with van der Waals surface area (Å²) in [7, 11) is 0. The van der Waals surface area contributed by atoms with E-state index in [-0.39, 0.29) is 23.1 Å². The first-order valence-electron chi connectivity index (χ1n) is 10.4. The normalized spacial score (nSPS) is 10.8. The van der Waals surface area contributed by atoms with Gasteiger partial charge in [0, 0.05) is 22.3 Å². The Morgan fingerprint density at radius 1 is 1.14 bits per heavy atom. The number of aryl methyl sites for hydroxylation is 2. The van der Waals surface area contributed by atoms with Crippen molar-refractivity contribution in [3.8, 4) is 22.8 Å². The molecule has 0 bridgehead atoms. The maximum Gasteiger partial charge on any atom is 0.271 e. The minimum atomic E-state index is -0.518. The van der Waals surface area contributed by atoms with E-state index in [4.69, 9.17) is 0 Å². The number of benzene rings is 3. The number of hydrogen-bond donors (Lipinski definition) is 2. The van der Waals surface area contributed by atoms with Crippen LogP contribution in [0.5, 0.6) is 5.75 Å². The number of thioether (sulfide) groups is 1. The van der Waals surface area contributed by atoms with Crippen molar-refractivity contribution in [2.24, 2.45) is 0 Å². The van der Waals surface area contributed by atoms with E-state index in [2.05, 4.69) is 31.4 Å². The third-order valence-corrected chi connectivity index (χ3v) is 6.52. The van der Waals surface area contributed by atoms with Crippen molar-refractivity contribution in [2.75, 3.05) is 11.1 Å². The van der Waals surface area contributed by atoms with Gasteiger partial charge in [-0.3, -0.25) is 19.5 Å². The van der Waals surface area contributed by atoms with Gasteiger partial charge in [-0.1, -0.05) is 51.5 Å². The van der Waals surface area contributed by atoms with Gasteiger partial charge in [-0.25, -0.2) is 0 Å². The van der Waals surface area contributed by atoms with Crippen molar-refractivity contribution < 1.29 is 14.8 Å². The van der Waals surface area contributed by atoms with Crippen LogP contribution in [-0.4, -0.2) is 36.5 Å². The average Bonchev–Trinajstić information content (AvgIpc) is 3.23. The Bertz CT molecular complexity index is 1440. The highest BCUT2D eigenvalue weighted by Crippen LogP contribution is 2.35. The molecule has 0 saturated heterocycles. The number of nitrogens with one attached hydrogen (secondary N) is 1. The molecule has 3 aromatic carbocycles. The fourth-order valence-corrected chi connectivity index (χ4v) is 4.63. The van der Waals surface area contributed by atoms with Crippen molar-refractivity contribution in [3.63, 3.8) is 0 Å². The molecule has 4 rings (SSSR count). The molecule has 0 fully saturated rings. The monoisotopic (exact) mass is 553 g/mol. The van der Waals surface area contributed by atoms with E-state index in [1.54, 1.807) is 24.3 Å². The number of halogens is 1. The quantitative estimate of drug-likeness (QED) is 0.172. The first-order valence-corrected chi connectivity index (χ1v) is 12.2. The van der Waals surface area contributed by atoms with Crippen molar-refractivity contribution in [3.05, 3.63) is 86.4 Å². The van der Waals surface area contributed by atoms with Gasteiger partial charge in [-0.2, -0.15) is 0 Å². The summed E-state index contributed by atoms with van der Waals surface area (Å²) < 4.78 is 2.58. The lowest BCUT2D eigenvalue weighted by molar-refractivity contribution is -0.384. The molecule has 1 heterocycles. The fourth-order valence-electron chi connectivity index (χ4n) is 3.52. The molecule has 0 spiro atoms. The Morgan fingerprint density at radius 3 is 2.69 bits per heavy atom. The number of carbonyl (C=O) groups is 1. The third kappa shape index (κ3) is 5.52. The minimum Gasteiger partial charge on any atom is -0.507 e. The van der Waals surface area contributed by atoms with E-state index in [1.807, 2.05) is 36.6 Å². The van der Waals surface area contributed by atoms with Gasteiger partial charge in [0.1, 0.15) is 5.75 Å². The third-order valence-electron chi connectivity index (χ3n) is 5.10. The second-order valence-corrected chi connectivity index (χ2v) is 9.60. The Hall–Kier alpha value is -3.70. The first-order chi connectivity index (χ1) is 16.7. The van der Waals surface area contributed by atoms with Crippen LogP contribution in [0.2, 0.25) is 0 Å². The highest BCUT2D eigenvalue weighted by molar-refractivity contribution is 9.10. The predicted octanol–water partition coefficient (Wildman–Crippen LogP) is 5.66. The number of hydrogen-bond acceptors (Lipinski definition) is 7. The smallest absolute Gasteiger partial charge is 0.271 e. The van der Waals surface area contributed by atoms with Crippen LogP contribution in [0.1, 0.15) is 11.1 Å². The molecule has 4 aromatic rings. The van der Waals surface area contributed by atoms with Crippen LogP contribution in [-0.2, 0) is 4.79 Å². The maximum absolute atomic E-state index is 12.6. The maximum atomic E-state index is 12.6. The van der Waals surface area contributed by atoms with E-state index >= 15 is 0 Å². The molecule has 0 saturated carbocycles. The van der Waals surface area contributed by atoms with Crippen LogP contribution < -0.4 is 5.32 Å². The SMILES string of the molecule is Cc1ccc(-n2c(SCC(=O)Nc3cccc([N+](=O)[O-])c3)nnc2-c2cc(Br)ccc2O)c(C)c1. The molecule has 2 N–H and O–H groups in total. The highest BCUT2D eigenvalue weighted by atomic mass is 79.9. The van der Waals surface area contributed by atoms with Crippen molar-refractivity contribution in [1.82, 2.24) is 14.8 Å². The van der Waals surface area contributed by atoms with Crippen LogP contribution in [0.25, 0.3) is 17.1 Å². The number of phenolic OH excluding ortho intramolecular Hbond substituents is 1. The lowest BCUT2D eigenvalue weighted by Crippen LogP contribution is -2.14. The first kappa shape index (κ1) is 24.4. The van der Waals surface area contributed by atoms with Gasteiger partial charge >= 0.3 is 0 Å². The lowest BCUT2D eigenvalue weighted by Gasteiger charge is -2.14. The molecule has 11 heteroatoms. The molecular formula is C24H20BrN5O4S. The van der Waals surface area contributed by atoms with Crippen LogP contribution in [0.4, 0.5) is 11.4 Å². The van der Waals surface area contributed by atoms with Gasteiger partial charge in [0.2, 0.25) is 5.91 Å². The Morgan fingerprint density at radius 2 is 1.94 bits per heavy atom. The fraction of sp³-hybridized carbons (Fsp3) is 0.125. The zero-order chi connectivity index (χ0) is 25.1. The molecule has 0 radical (unpaired) electrons. The van der Waals surface area contributed by atoms with Crippen molar-refractivity contribution in [1.29, 1.82) is 0 Å². The Kier molecular flexibility index (Phi) is 7.17. The van der Waals surface area contributed by atoms with E-state index in [0.29, 0.717) is 22.2 Å². The summed E-state index contributed by atoms with van der Waals surface area (Å²) in [6.45, 7) is 3.97. The summed E-state index contributed by atoms with van der Waals surface area (Å²) in [6, 6.07) is 16.7. The number of amides is 1.